The molecule has 2 unspecified atom stereocenters. The summed E-state index contributed by atoms with van der Waals surface area (Å²) < 4.78 is 0. The van der Waals surface area contributed by atoms with Gasteiger partial charge in [0.05, 0.1) is 0 Å². The fourth-order valence-electron chi connectivity index (χ4n) is 3.19. The standard InChI is InChI=1S/C19H29N3O2/c1-14(2)11-17(23)21-18(16-7-5-4-6-8-16)19(24)22-10-9-15(13-22)12-20-3/h4-8,14-15,18,20H,9-13H2,1-3H3,(H,21,23). The molecule has 1 saturated heterocycles. The van der Waals surface area contributed by atoms with Crippen LogP contribution in [0.3, 0.4) is 0 Å². The first-order chi connectivity index (χ1) is 11.5. The van der Waals surface area contributed by atoms with Crippen LogP contribution in [-0.2, 0) is 9.59 Å². The van der Waals surface area contributed by atoms with E-state index in [1.165, 1.54) is 0 Å². The summed E-state index contributed by atoms with van der Waals surface area (Å²) in [6.45, 7) is 6.43. The summed E-state index contributed by atoms with van der Waals surface area (Å²) in [5.74, 6) is 0.681. The van der Waals surface area contributed by atoms with Crippen molar-refractivity contribution in [3.8, 4) is 0 Å². The number of carbonyl (C=O) groups excluding carboxylic acids is 2. The summed E-state index contributed by atoms with van der Waals surface area (Å²) in [6.07, 6.45) is 1.44. The molecule has 2 atom stereocenters. The molecule has 2 rings (SSSR count). The zero-order chi connectivity index (χ0) is 17.5. The van der Waals surface area contributed by atoms with Gasteiger partial charge in [-0.2, -0.15) is 0 Å². The lowest BCUT2D eigenvalue weighted by Crippen LogP contribution is -2.42. The Hall–Kier alpha value is -1.88. The summed E-state index contributed by atoms with van der Waals surface area (Å²) in [7, 11) is 1.93. The van der Waals surface area contributed by atoms with Crippen LogP contribution in [0.15, 0.2) is 30.3 Å². The summed E-state index contributed by atoms with van der Waals surface area (Å²) in [5, 5.41) is 6.12. The van der Waals surface area contributed by atoms with Crippen molar-refractivity contribution in [1.29, 1.82) is 0 Å². The molecule has 1 fully saturated rings. The van der Waals surface area contributed by atoms with Crippen LogP contribution < -0.4 is 10.6 Å². The van der Waals surface area contributed by atoms with Gasteiger partial charge in [0.2, 0.25) is 11.8 Å². The first-order valence-electron chi connectivity index (χ1n) is 8.79. The van der Waals surface area contributed by atoms with E-state index in [0.29, 0.717) is 12.3 Å². The van der Waals surface area contributed by atoms with Gasteiger partial charge in [0, 0.05) is 19.5 Å². The maximum absolute atomic E-state index is 13.0. The van der Waals surface area contributed by atoms with Crippen molar-refractivity contribution >= 4 is 11.8 Å². The molecule has 0 aliphatic carbocycles. The van der Waals surface area contributed by atoms with Crippen molar-refractivity contribution in [3.63, 3.8) is 0 Å². The van der Waals surface area contributed by atoms with Gasteiger partial charge in [-0.25, -0.2) is 0 Å². The monoisotopic (exact) mass is 331 g/mol. The van der Waals surface area contributed by atoms with E-state index < -0.39 is 6.04 Å². The van der Waals surface area contributed by atoms with Crippen molar-refractivity contribution < 1.29 is 9.59 Å². The Kier molecular flexibility index (Phi) is 6.79. The van der Waals surface area contributed by atoms with Crippen LogP contribution in [0.2, 0.25) is 0 Å². The molecule has 2 amide bonds. The van der Waals surface area contributed by atoms with Crippen molar-refractivity contribution in [2.75, 3.05) is 26.7 Å². The third-order valence-corrected chi connectivity index (χ3v) is 4.37. The van der Waals surface area contributed by atoms with E-state index in [0.717, 1.165) is 31.6 Å². The molecule has 5 nitrogen and oxygen atoms in total. The Morgan fingerprint density at radius 2 is 1.96 bits per heavy atom. The molecule has 5 heteroatoms. The van der Waals surface area contributed by atoms with Gasteiger partial charge in [0.1, 0.15) is 6.04 Å². The lowest BCUT2D eigenvalue weighted by atomic mass is 10.0. The van der Waals surface area contributed by atoms with Crippen LogP contribution in [-0.4, -0.2) is 43.4 Å². The topological polar surface area (TPSA) is 61.4 Å². The number of carbonyl (C=O) groups is 2. The van der Waals surface area contributed by atoms with Gasteiger partial charge in [-0.1, -0.05) is 44.2 Å². The van der Waals surface area contributed by atoms with E-state index in [2.05, 4.69) is 10.6 Å². The maximum Gasteiger partial charge on any atom is 0.249 e. The molecular weight excluding hydrogens is 302 g/mol. The van der Waals surface area contributed by atoms with Gasteiger partial charge in [-0.05, 0) is 37.4 Å². The fraction of sp³-hybridized carbons (Fsp3) is 0.579. The predicted molar refractivity (Wildman–Crippen MR) is 95.4 cm³/mol. The molecule has 0 radical (unpaired) electrons. The SMILES string of the molecule is CNCC1CCN(C(=O)C(NC(=O)CC(C)C)c2ccccc2)C1. The number of nitrogens with one attached hydrogen (secondary N) is 2. The fourth-order valence-corrected chi connectivity index (χ4v) is 3.19. The smallest absolute Gasteiger partial charge is 0.249 e. The summed E-state index contributed by atoms with van der Waals surface area (Å²) in [5.41, 5.74) is 0.844. The normalized spacial score (nSPS) is 18.7. The molecule has 1 heterocycles. The number of hydrogen-bond acceptors (Lipinski definition) is 3. The highest BCUT2D eigenvalue weighted by Gasteiger charge is 2.32. The van der Waals surface area contributed by atoms with Crippen LogP contribution in [0.5, 0.6) is 0 Å². The number of amides is 2. The van der Waals surface area contributed by atoms with Crippen molar-refractivity contribution in [1.82, 2.24) is 15.5 Å². The largest absolute Gasteiger partial charge is 0.341 e. The van der Waals surface area contributed by atoms with Gasteiger partial charge in [-0.15, -0.1) is 0 Å². The minimum Gasteiger partial charge on any atom is -0.341 e. The molecule has 1 aliphatic rings. The zero-order valence-electron chi connectivity index (χ0n) is 14.9. The molecule has 1 aromatic rings. The van der Waals surface area contributed by atoms with Crippen LogP contribution in [0.4, 0.5) is 0 Å². The highest BCUT2D eigenvalue weighted by Crippen LogP contribution is 2.22. The highest BCUT2D eigenvalue weighted by atomic mass is 16.2. The Morgan fingerprint density at radius 3 is 2.58 bits per heavy atom. The van der Waals surface area contributed by atoms with Gasteiger partial charge in [0.15, 0.2) is 0 Å². The molecular formula is C19H29N3O2. The molecule has 0 bridgehead atoms. The second-order valence-corrected chi connectivity index (χ2v) is 7.01. The van der Waals surface area contributed by atoms with Crippen molar-refractivity contribution in [3.05, 3.63) is 35.9 Å². The first kappa shape index (κ1) is 18.5. The average molecular weight is 331 g/mol. The number of nitrogens with zero attached hydrogens (tertiary/aromatic N) is 1. The van der Waals surface area contributed by atoms with Gasteiger partial charge >= 0.3 is 0 Å². The third kappa shape index (κ3) is 5.06. The second-order valence-electron chi connectivity index (χ2n) is 7.01. The van der Waals surface area contributed by atoms with Crippen LogP contribution in [0, 0.1) is 11.8 Å². The van der Waals surface area contributed by atoms with E-state index in [-0.39, 0.29) is 17.7 Å². The molecule has 132 valence electrons. The summed E-state index contributed by atoms with van der Waals surface area (Å²) in [4.78, 5) is 27.1. The van der Waals surface area contributed by atoms with Crippen LogP contribution >= 0.6 is 0 Å². The van der Waals surface area contributed by atoms with E-state index >= 15 is 0 Å². The van der Waals surface area contributed by atoms with Gasteiger partial charge < -0.3 is 15.5 Å². The molecule has 0 aromatic heterocycles. The lowest BCUT2D eigenvalue weighted by molar-refractivity contribution is -0.136. The summed E-state index contributed by atoms with van der Waals surface area (Å²) >= 11 is 0. The minimum absolute atomic E-state index is 0.00286. The maximum atomic E-state index is 13.0. The second kappa shape index (κ2) is 8.83. The number of hydrogen-bond donors (Lipinski definition) is 2. The zero-order valence-corrected chi connectivity index (χ0v) is 14.9. The van der Waals surface area contributed by atoms with E-state index in [1.54, 1.807) is 0 Å². The van der Waals surface area contributed by atoms with E-state index in [4.69, 9.17) is 0 Å². The third-order valence-electron chi connectivity index (χ3n) is 4.37. The van der Waals surface area contributed by atoms with Crippen LogP contribution in [0.25, 0.3) is 0 Å². The molecule has 24 heavy (non-hydrogen) atoms. The first-order valence-corrected chi connectivity index (χ1v) is 8.79. The molecule has 2 N–H and O–H groups in total. The molecule has 0 spiro atoms. The number of benzene rings is 1. The molecule has 1 aliphatic heterocycles. The Morgan fingerprint density at radius 1 is 1.25 bits per heavy atom. The molecule has 0 saturated carbocycles. The van der Waals surface area contributed by atoms with Crippen molar-refractivity contribution in [2.45, 2.75) is 32.7 Å². The quantitative estimate of drug-likeness (QED) is 0.803. The Labute approximate surface area is 144 Å². The van der Waals surface area contributed by atoms with E-state index in [9.17, 15) is 9.59 Å². The Balaban J connectivity index is 2.10. The highest BCUT2D eigenvalue weighted by molar-refractivity contribution is 5.89. The Bertz CT molecular complexity index is 545. The van der Waals surface area contributed by atoms with E-state index in [1.807, 2.05) is 56.1 Å². The molecule has 1 aromatic carbocycles. The summed E-state index contributed by atoms with van der Waals surface area (Å²) in [6, 6.07) is 8.93. The average Bonchev–Trinajstić information content (AvgIpc) is 3.01. The van der Waals surface area contributed by atoms with Crippen LogP contribution in [0.1, 0.15) is 38.3 Å². The number of likely N-dealkylation sites (tertiary alicyclic amines) is 1. The van der Waals surface area contributed by atoms with Gasteiger partial charge in [0.25, 0.3) is 0 Å². The van der Waals surface area contributed by atoms with Crippen molar-refractivity contribution in [2.24, 2.45) is 11.8 Å². The number of rotatable bonds is 7. The minimum atomic E-state index is -0.592. The lowest BCUT2D eigenvalue weighted by Gasteiger charge is -2.25. The predicted octanol–water partition coefficient (Wildman–Crippen LogP) is 1.96. The van der Waals surface area contributed by atoms with Gasteiger partial charge in [-0.3, -0.25) is 9.59 Å².